The number of carbonyl (C=O) groups is 3. The van der Waals surface area contributed by atoms with E-state index in [2.05, 4.69) is 30.6 Å². The third-order valence-corrected chi connectivity index (χ3v) is 10.7. The van der Waals surface area contributed by atoms with E-state index in [0.717, 1.165) is 69.7 Å². The van der Waals surface area contributed by atoms with Gasteiger partial charge in [-0.05, 0) is 99.5 Å². The molecule has 12 heteroatoms. The van der Waals surface area contributed by atoms with Crippen LogP contribution in [0.15, 0.2) is 78.9 Å². The Labute approximate surface area is 323 Å². The van der Waals surface area contributed by atoms with Crippen molar-refractivity contribution in [2.45, 2.75) is 57.5 Å². The molecule has 0 radical (unpaired) electrons. The number of piperidine rings is 1. The lowest BCUT2D eigenvalue weighted by atomic mass is 9.98. The summed E-state index contributed by atoms with van der Waals surface area (Å²) >= 11 is 0. The Morgan fingerprint density at radius 2 is 1.53 bits per heavy atom. The van der Waals surface area contributed by atoms with Crippen molar-refractivity contribution < 1.29 is 23.9 Å². The number of morpholine rings is 1. The van der Waals surface area contributed by atoms with Gasteiger partial charge in [-0.15, -0.1) is 10.2 Å². The normalized spacial score (nSPS) is 16.6. The van der Waals surface area contributed by atoms with E-state index in [9.17, 15) is 14.4 Å². The lowest BCUT2D eigenvalue weighted by molar-refractivity contribution is 0.0338. The zero-order chi connectivity index (χ0) is 38.0. The Hall–Kier alpha value is -5.33. The number of hydrogen-bond donors (Lipinski definition) is 2. The molecule has 288 valence electrons. The predicted molar refractivity (Wildman–Crippen MR) is 214 cm³/mol. The maximum absolute atomic E-state index is 14.0. The minimum Gasteiger partial charge on any atom is -0.473 e. The van der Waals surface area contributed by atoms with Crippen molar-refractivity contribution in [2.75, 3.05) is 75.1 Å². The molecule has 55 heavy (non-hydrogen) atoms. The summed E-state index contributed by atoms with van der Waals surface area (Å²) in [6.07, 6.45) is 9.30. The fourth-order valence-corrected chi connectivity index (χ4v) is 7.42. The zero-order valence-corrected chi connectivity index (χ0v) is 31.7. The van der Waals surface area contributed by atoms with Gasteiger partial charge in [0.1, 0.15) is 6.10 Å². The second-order valence-corrected chi connectivity index (χ2v) is 14.7. The van der Waals surface area contributed by atoms with Gasteiger partial charge < -0.3 is 29.9 Å². The van der Waals surface area contributed by atoms with E-state index >= 15 is 0 Å². The number of nitrogens with zero attached hydrogens (tertiary/aromatic N) is 5. The second kappa shape index (κ2) is 18.3. The Morgan fingerprint density at radius 3 is 2.27 bits per heavy atom. The van der Waals surface area contributed by atoms with E-state index in [0.29, 0.717) is 59.4 Å². The van der Waals surface area contributed by atoms with Gasteiger partial charge in [0.2, 0.25) is 5.88 Å². The molecule has 2 aliphatic heterocycles. The average Bonchev–Trinajstić information content (AvgIpc) is 3.24. The first-order chi connectivity index (χ1) is 26.9. The number of carbonyl (C=O) groups excluding carboxylic acids is 3. The van der Waals surface area contributed by atoms with Gasteiger partial charge in [-0.25, -0.2) is 0 Å². The number of benzene rings is 3. The first kappa shape index (κ1) is 38.0. The van der Waals surface area contributed by atoms with Crippen LogP contribution in [-0.4, -0.2) is 103 Å². The molecule has 3 fully saturated rings. The summed E-state index contributed by atoms with van der Waals surface area (Å²) in [4.78, 5) is 47.2. The predicted octanol–water partition coefficient (Wildman–Crippen LogP) is 6.75. The molecule has 0 bridgehead atoms. The maximum Gasteiger partial charge on any atom is 0.257 e. The van der Waals surface area contributed by atoms with Gasteiger partial charge in [-0.3, -0.25) is 19.3 Å². The highest BCUT2D eigenvalue weighted by molar-refractivity contribution is 6.13. The van der Waals surface area contributed by atoms with Crippen LogP contribution in [0, 0.1) is 0 Å². The third kappa shape index (κ3) is 10.1. The van der Waals surface area contributed by atoms with Crippen LogP contribution in [0.5, 0.6) is 5.88 Å². The van der Waals surface area contributed by atoms with Gasteiger partial charge in [0, 0.05) is 80.4 Å². The number of nitrogens with one attached hydrogen (secondary N) is 2. The van der Waals surface area contributed by atoms with E-state index in [1.54, 1.807) is 42.3 Å². The number of anilines is 3. The van der Waals surface area contributed by atoms with Gasteiger partial charge >= 0.3 is 0 Å². The smallest absolute Gasteiger partial charge is 0.257 e. The van der Waals surface area contributed by atoms with Crippen LogP contribution >= 0.6 is 0 Å². The Bertz CT molecular complexity index is 1920. The van der Waals surface area contributed by atoms with Gasteiger partial charge in [-0.2, -0.15) is 0 Å². The average molecular weight is 746 g/mol. The fraction of sp³-hybridized carbons (Fsp3) is 0.419. The highest BCUT2D eigenvalue weighted by atomic mass is 16.5. The number of amides is 3. The molecule has 1 aromatic heterocycles. The molecule has 3 aromatic carbocycles. The quantitative estimate of drug-likeness (QED) is 0.162. The second-order valence-electron chi connectivity index (χ2n) is 14.7. The molecular weight excluding hydrogens is 695 g/mol. The van der Waals surface area contributed by atoms with Crippen molar-refractivity contribution in [3.63, 3.8) is 0 Å². The van der Waals surface area contributed by atoms with Gasteiger partial charge in [0.15, 0.2) is 0 Å². The number of ether oxygens (including phenoxy) is 2. The molecule has 1 saturated carbocycles. The Morgan fingerprint density at radius 1 is 0.782 bits per heavy atom. The first-order valence-corrected chi connectivity index (χ1v) is 19.7. The molecule has 2 saturated heterocycles. The molecule has 3 amide bonds. The SMILES string of the molecule is CN(CCN1CCOCC1)C(=O)c1cccc(C(=O)Nc2ccc(N3CCCCC3)cc2C(=O)Nc2ccc(-c3ccc(OC4CCCCC4)nn3)cc2)c1. The number of likely N-dealkylation sites (N-methyl/N-ethyl adjacent to an activating group) is 1. The highest BCUT2D eigenvalue weighted by Crippen LogP contribution is 2.29. The van der Waals surface area contributed by atoms with E-state index in [1.807, 2.05) is 48.5 Å². The number of aromatic nitrogens is 2. The minimum atomic E-state index is -0.411. The largest absolute Gasteiger partial charge is 0.473 e. The molecule has 2 N–H and O–H groups in total. The van der Waals surface area contributed by atoms with Crippen molar-refractivity contribution in [1.82, 2.24) is 20.0 Å². The van der Waals surface area contributed by atoms with E-state index in [4.69, 9.17) is 9.47 Å². The number of hydrogen-bond acceptors (Lipinski definition) is 9. The summed E-state index contributed by atoms with van der Waals surface area (Å²) in [5.41, 5.74) is 4.57. The summed E-state index contributed by atoms with van der Waals surface area (Å²) in [6.45, 7) is 6.25. The van der Waals surface area contributed by atoms with E-state index in [1.165, 1.54) is 25.7 Å². The van der Waals surface area contributed by atoms with Crippen LogP contribution in [-0.2, 0) is 4.74 Å². The zero-order valence-electron chi connectivity index (χ0n) is 31.7. The molecule has 4 aromatic rings. The van der Waals surface area contributed by atoms with Crippen LogP contribution in [0.2, 0.25) is 0 Å². The molecule has 0 spiro atoms. The van der Waals surface area contributed by atoms with E-state index < -0.39 is 5.91 Å². The third-order valence-electron chi connectivity index (χ3n) is 10.7. The lowest BCUT2D eigenvalue weighted by Gasteiger charge is -2.29. The van der Waals surface area contributed by atoms with Crippen LogP contribution in [0.25, 0.3) is 11.3 Å². The molecule has 0 atom stereocenters. The lowest BCUT2D eigenvalue weighted by Crippen LogP contribution is -2.41. The minimum absolute atomic E-state index is 0.160. The summed E-state index contributed by atoms with van der Waals surface area (Å²) in [7, 11) is 1.77. The Balaban J connectivity index is 1.03. The molecule has 3 heterocycles. The summed E-state index contributed by atoms with van der Waals surface area (Å²) in [6, 6.07) is 23.5. The summed E-state index contributed by atoms with van der Waals surface area (Å²) in [5.74, 6) is -0.381. The molecule has 1 aliphatic carbocycles. The van der Waals surface area contributed by atoms with Gasteiger partial charge in [0.05, 0.1) is 30.2 Å². The van der Waals surface area contributed by atoms with Crippen molar-refractivity contribution >= 4 is 34.8 Å². The van der Waals surface area contributed by atoms with Crippen LogP contribution in [0.1, 0.15) is 82.4 Å². The molecule has 0 unspecified atom stereocenters. The first-order valence-electron chi connectivity index (χ1n) is 19.7. The molecule has 3 aliphatic rings. The summed E-state index contributed by atoms with van der Waals surface area (Å²) in [5, 5.41) is 14.7. The van der Waals surface area contributed by atoms with Crippen LogP contribution < -0.4 is 20.3 Å². The highest BCUT2D eigenvalue weighted by Gasteiger charge is 2.21. The monoisotopic (exact) mass is 745 g/mol. The number of rotatable bonds is 12. The van der Waals surface area contributed by atoms with Crippen LogP contribution in [0.4, 0.5) is 17.1 Å². The van der Waals surface area contributed by atoms with Gasteiger partial charge in [0.25, 0.3) is 17.7 Å². The van der Waals surface area contributed by atoms with E-state index in [-0.39, 0.29) is 17.9 Å². The van der Waals surface area contributed by atoms with Crippen LogP contribution in [0.3, 0.4) is 0 Å². The summed E-state index contributed by atoms with van der Waals surface area (Å²) < 4.78 is 11.5. The van der Waals surface area contributed by atoms with Crippen molar-refractivity contribution in [3.05, 3.63) is 95.6 Å². The molecular formula is C43H51N7O5. The standard InChI is InChI=1S/C43H51N7O5/c1-48(23-24-49-25-27-54-28-26-49)43(53)33-10-8-9-32(29-33)41(51)45-39-18-17-35(50-21-6-3-7-22-50)30-37(39)42(52)44-34-15-13-31(14-16-34)38-19-20-40(47-46-38)55-36-11-4-2-5-12-36/h8-10,13-20,29-30,36H,2-7,11-12,21-28H2,1H3,(H,44,52)(H,45,51). The van der Waals surface area contributed by atoms with Crippen molar-refractivity contribution in [2.24, 2.45) is 0 Å². The Kier molecular flexibility index (Phi) is 12.7. The molecule has 7 rings (SSSR count). The van der Waals surface area contributed by atoms with Gasteiger partial charge in [-0.1, -0.05) is 24.6 Å². The van der Waals surface area contributed by atoms with Crippen molar-refractivity contribution in [3.8, 4) is 17.1 Å². The topological polar surface area (TPSA) is 129 Å². The fourth-order valence-electron chi connectivity index (χ4n) is 7.42. The van der Waals surface area contributed by atoms with Crippen molar-refractivity contribution in [1.29, 1.82) is 0 Å². The maximum atomic E-state index is 14.0. The molecule has 12 nitrogen and oxygen atoms in total.